The number of ketones is 2. The summed E-state index contributed by atoms with van der Waals surface area (Å²) in [6.07, 6.45) is -3.95. The lowest BCUT2D eigenvalue weighted by Gasteiger charge is -2.47. The number of amides is 2. The van der Waals surface area contributed by atoms with Gasteiger partial charge in [0.25, 0.3) is 0 Å². The highest BCUT2D eigenvalue weighted by atomic mass is 16.7. The molecule has 16 nitrogen and oxygen atoms in total. The molecule has 3 aliphatic heterocycles. The number of benzene rings is 1. The summed E-state index contributed by atoms with van der Waals surface area (Å²) in [5.41, 5.74) is -1.44. The van der Waals surface area contributed by atoms with E-state index in [0.717, 1.165) is 16.5 Å². The lowest BCUT2D eigenvalue weighted by Crippen LogP contribution is -2.60. The van der Waals surface area contributed by atoms with Gasteiger partial charge in [-0.2, -0.15) is 0 Å². The van der Waals surface area contributed by atoms with Crippen molar-refractivity contribution in [1.29, 1.82) is 0 Å². The topological polar surface area (TPSA) is 192 Å². The van der Waals surface area contributed by atoms with Crippen molar-refractivity contribution in [2.75, 3.05) is 27.9 Å². The molecule has 2 amide bonds. The zero-order chi connectivity index (χ0) is 43.6. The van der Waals surface area contributed by atoms with E-state index in [2.05, 4.69) is 10.3 Å². The highest BCUT2D eigenvalue weighted by molar-refractivity contribution is 6.00. The van der Waals surface area contributed by atoms with Crippen LogP contribution in [0.1, 0.15) is 80.2 Å². The summed E-state index contributed by atoms with van der Waals surface area (Å²) in [6, 6.07) is 7.79. The Morgan fingerprint density at radius 2 is 1.75 bits per heavy atom. The predicted octanol–water partition coefficient (Wildman–Crippen LogP) is 4.62. The quantitative estimate of drug-likeness (QED) is 0.202. The Morgan fingerprint density at radius 1 is 1.03 bits per heavy atom. The Morgan fingerprint density at radius 3 is 2.41 bits per heavy atom. The molecule has 16 heteroatoms. The number of fused-ring (bicyclic) bond motifs is 2. The molecule has 326 valence electrons. The molecule has 0 saturated carbocycles. The van der Waals surface area contributed by atoms with E-state index in [1.165, 1.54) is 18.9 Å². The second-order valence-electron chi connectivity index (χ2n) is 17.1. The monoisotopic (exact) mass is 826 g/mol. The Bertz CT molecular complexity index is 1860. The molecule has 0 aliphatic carbocycles. The van der Waals surface area contributed by atoms with Crippen molar-refractivity contribution >= 4 is 40.6 Å². The molecule has 1 aromatic carbocycles. The second kappa shape index (κ2) is 18.6. The molecule has 3 fully saturated rings. The van der Waals surface area contributed by atoms with Crippen LogP contribution in [0.2, 0.25) is 0 Å². The number of likely N-dealkylation sites (N-methyl/N-ethyl adjacent to an activating group) is 1. The van der Waals surface area contributed by atoms with Gasteiger partial charge in [0.1, 0.15) is 30.5 Å². The van der Waals surface area contributed by atoms with Gasteiger partial charge in [-0.15, -0.1) is 0 Å². The molecule has 0 bridgehead atoms. The summed E-state index contributed by atoms with van der Waals surface area (Å²) >= 11 is 0. The molecule has 2 N–H and O–H groups in total. The number of esters is 1. The van der Waals surface area contributed by atoms with E-state index < -0.39 is 89.5 Å². The lowest BCUT2D eigenvalue weighted by molar-refractivity contribution is -0.295. The van der Waals surface area contributed by atoms with Crippen LogP contribution in [-0.2, 0) is 49.4 Å². The number of nitrogens with one attached hydrogen (secondary N) is 1. The minimum atomic E-state index is -1.58. The largest absolute Gasteiger partial charge is 0.458 e. The Labute approximate surface area is 346 Å². The standard InChI is InChI=1S/C43H62N4O12/c1-12-32-43(8)36(47(41(53)59-43)22-45-40(52)55-21-28-15-13-17-30-29(28)16-14-18-44-30)25(4)33(48)23(2)20-42(7,54-11)37(26(5)34(49)27(6)38(51)57-32)58-39-35(50)31(46(9)10)19-24(3)56-39/h13-18,23-27,31-32,35-37,39,50H,12,19-22H2,1-11H3,(H,45,52)/t23-,24-,25+,26+,27-,31+,32-,35-,36-,37-,39+,42-,43-/m1/s1. The minimum Gasteiger partial charge on any atom is -0.458 e. The van der Waals surface area contributed by atoms with Gasteiger partial charge in [0.05, 0.1) is 36.0 Å². The molecule has 13 atom stereocenters. The van der Waals surface area contributed by atoms with Gasteiger partial charge in [-0.1, -0.05) is 45.9 Å². The van der Waals surface area contributed by atoms with Crippen molar-refractivity contribution in [2.45, 2.75) is 135 Å². The van der Waals surface area contributed by atoms with Crippen LogP contribution in [0.25, 0.3) is 10.9 Å². The number of ether oxygens (including phenoxy) is 6. The minimum absolute atomic E-state index is 0.0486. The molecular weight excluding hydrogens is 764 g/mol. The Balaban J connectivity index is 1.45. The Kier molecular flexibility index (Phi) is 14.4. The maximum absolute atomic E-state index is 14.7. The van der Waals surface area contributed by atoms with Crippen molar-refractivity contribution in [2.24, 2.45) is 23.7 Å². The van der Waals surface area contributed by atoms with Gasteiger partial charge in [-0.3, -0.25) is 24.3 Å². The molecular formula is C43H62N4O12. The van der Waals surface area contributed by atoms with Crippen LogP contribution in [-0.4, -0.2) is 131 Å². The number of pyridine rings is 1. The zero-order valence-corrected chi connectivity index (χ0v) is 36.1. The SMILES string of the molecule is CC[C@H]1OC(=O)[C@H](C)C(=O)[C@H](C)[C@@H](O[C@@H]2O[C@H](C)C[C@H](N(C)C)[C@H]2O)[C@](C)(OC)C[C@@H](C)C(=O)[C@H](C)[C@H]2N(CNC(=O)OCc3cccc4ncccc34)C(=O)O[C@]12C. The zero-order valence-electron chi connectivity index (χ0n) is 36.1. The molecule has 5 rings (SSSR count). The van der Waals surface area contributed by atoms with Crippen molar-refractivity contribution in [3.8, 4) is 0 Å². The summed E-state index contributed by atoms with van der Waals surface area (Å²) in [7, 11) is 5.15. The average molecular weight is 827 g/mol. The number of cyclic esters (lactones) is 1. The van der Waals surface area contributed by atoms with Crippen molar-refractivity contribution in [3.63, 3.8) is 0 Å². The molecule has 4 heterocycles. The number of carbonyl (C=O) groups is 5. The van der Waals surface area contributed by atoms with E-state index in [0.29, 0.717) is 6.42 Å². The van der Waals surface area contributed by atoms with Gasteiger partial charge in [0.15, 0.2) is 17.7 Å². The normalized spacial score (nSPS) is 36.2. The number of methoxy groups -OCH3 is 1. The number of carbonyl (C=O) groups excluding carboxylic acids is 5. The van der Waals surface area contributed by atoms with Gasteiger partial charge in [-0.05, 0) is 78.7 Å². The summed E-state index contributed by atoms with van der Waals surface area (Å²) in [5, 5.41) is 14.9. The molecule has 0 spiro atoms. The van der Waals surface area contributed by atoms with Crippen molar-refractivity contribution in [3.05, 3.63) is 42.1 Å². The van der Waals surface area contributed by atoms with Crippen LogP contribution in [0.4, 0.5) is 9.59 Å². The van der Waals surface area contributed by atoms with Crippen LogP contribution in [0.15, 0.2) is 36.5 Å². The van der Waals surface area contributed by atoms with Gasteiger partial charge >= 0.3 is 18.2 Å². The molecule has 2 aromatic rings. The third kappa shape index (κ3) is 9.41. The van der Waals surface area contributed by atoms with E-state index >= 15 is 0 Å². The third-order valence-electron chi connectivity index (χ3n) is 12.6. The first-order valence-electron chi connectivity index (χ1n) is 20.5. The number of nitrogens with zero attached hydrogens (tertiary/aromatic N) is 3. The van der Waals surface area contributed by atoms with Crippen LogP contribution >= 0.6 is 0 Å². The average Bonchev–Trinajstić information content (AvgIpc) is 3.47. The summed E-state index contributed by atoms with van der Waals surface area (Å²) < 4.78 is 36.4. The maximum Gasteiger partial charge on any atom is 0.412 e. The summed E-state index contributed by atoms with van der Waals surface area (Å²) in [6.45, 7) is 13.0. The van der Waals surface area contributed by atoms with Gasteiger partial charge < -0.3 is 43.7 Å². The predicted molar refractivity (Wildman–Crippen MR) is 215 cm³/mol. The highest BCUT2D eigenvalue weighted by Crippen LogP contribution is 2.43. The number of hydrogen-bond acceptors (Lipinski definition) is 14. The van der Waals surface area contributed by atoms with Gasteiger partial charge in [0.2, 0.25) is 0 Å². The van der Waals surface area contributed by atoms with Crippen LogP contribution in [0.5, 0.6) is 0 Å². The molecule has 0 unspecified atom stereocenters. The molecule has 3 saturated heterocycles. The number of aromatic nitrogens is 1. The second-order valence-corrected chi connectivity index (χ2v) is 17.1. The molecule has 59 heavy (non-hydrogen) atoms. The van der Waals surface area contributed by atoms with E-state index in [9.17, 15) is 29.1 Å². The molecule has 1 aromatic heterocycles. The van der Waals surface area contributed by atoms with Gasteiger partial charge in [0, 0.05) is 42.5 Å². The lowest BCUT2D eigenvalue weighted by atomic mass is 9.73. The maximum atomic E-state index is 14.7. The molecule has 0 radical (unpaired) electrons. The highest BCUT2D eigenvalue weighted by Gasteiger charge is 2.60. The number of aliphatic hydroxyl groups excluding tert-OH is 1. The Hall–Kier alpha value is -4.22. The van der Waals surface area contributed by atoms with E-state index in [-0.39, 0.29) is 44.0 Å². The number of Topliss-reactive ketones (excluding diaryl/α,β-unsaturated/α-hetero) is 2. The third-order valence-corrected chi connectivity index (χ3v) is 12.6. The van der Waals surface area contributed by atoms with Crippen LogP contribution in [0.3, 0.4) is 0 Å². The van der Waals surface area contributed by atoms with Crippen molar-refractivity contribution < 1.29 is 57.5 Å². The van der Waals surface area contributed by atoms with Crippen LogP contribution < -0.4 is 5.32 Å². The number of hydrogen-bond donors (Lipinski definition) is 2. The van der Waals surface area contributed by atoms with Gasteiger partial charge in [-0.25, -0.2) is 9.59 Å². The smallest absolute Gasteiger partial charge is 0.412 e. The first kappa shape index (κ1) is 45.9. The van der Waals surface area contributed by atoms with Crippen LogP contribution in [0, 0.1) is 23.7 Å². The van der Waals surface area contributed by atoms with E-state index in [1.807, 2.05) is 50.2 Å². The fraction of sp³-hybridized carbons (Fsp3) is 0.674. The van der Waals surface area contributed by atoms with Crippen molar-refractivity contribution in [1.82, 2.24) is 20.1 Å². The number of aliphatic hydroxyl groups is 1. The number of alkyl carbamates (subject to hydrolysis) is 1. The summed E-state index contributed by atoms with van der Waals surface area (Å²) in [4.78, 5) is 77.3. The fourth-order valence-electron chi connectivity index (χ4n) is 9.28. The van der Waals surface area contributed by atoms with E-state index in [1.54, 1.807) is 53.8 Å². The first-order valence-corrected chi connectivity index (χ1v) is 20.5. The fourth-order valence-corrected chi connectivity index (χ4v) is 9.28. The van der Waals surface area contributed by atoms with E-state index in [4.69, 9.17) is 28.4 Å². The first-order chi connectivity index (χ1) is 27.8. The number of rotatable bonds is 9. The summed E-state index contributed by atoms with van der Waals surface area (Å²) in [5.74, 6) is -5.61. The molecule has 3 aliphatic rings.